The van der Waals surface area contributed by atoms with E-state index in [0.29, 0.717) is 0 Å². The molecule has 0 atom stereocenters. The van der Waals surface area contributed by atoms with Gasteiger partial charge < -0.3 is 0 Å². The topological polar surface area (TPSA) is 0 Å². The summed E-state index contributed by atoms with van der Waals surface area (Å²) in [5.74, 6) is 2.49. The molecule has 0 aromatic rings. The van der Waals surface area contributed by atoms with Crippen LogP contribution in [0.15, 0.2) is 0 Å². The smallest absolute Gasteiger partial charge is 0.0122 e. The first kappa shape index (κ1) is 6.83. The quantitative estimate of drug-likeness (QED) is 0.460. The van der Waals surface area contributed by atoms with Crippen LogP contribution in [0.25, 0.3) is 0 Å². The highest BCUT2D eigenvalue weighted by Gasteiger charge is 1.76. The zero-order chi connectivity index (χ0) is 4.83. The summed E-state index contributed by atoms with van der Waals surface area (Å²) in [4.78, 5) is 0. The summed E-state index contributed by atoms with van der Waals surface area (Å²) in [5, 5.41) is 1.13. The molecular formula is C4H9BrS. The van der Waals surface area contributed by atoms with E-state index in [0.717, 1.165) is 5.33 Å². The van der Waals surface area contributed by atoms with Crippen molar-refractivity contribution in [3.05, 3.63) is 0 Å². The number of halogens is 1. The fourth-order valence-corrected chi connectivity index (χ4v) is 1.28. The van der Waals surface area contributed by atoms with Crippen LogP contribution < -0.4 is 0 Å². The van der Waals surface area contributed by atoms with Gasteiger partial charge in [0.15, 0.2) is 0 Å². The molecule has 0 spiro atoms. The maximum atomic E-state index is 3.33. The van der Waals surface area contributed by atoms with E-state index in [1.807, 2.05) is 11.8 Å². The van der Waals surface area contributed by atoms with E-state index in [-0.39, 0.29) is 0 Å². The van der Waals surface area contributed by atoms with E-state index in [4.69, 9.17) is 0 Å². The molecule has 0 bridgehead atoms. The predicted molar refractivity (Wildman–Crippen MR) is 36.8 cm³/mol. The molecule has 0 aromatic carbocycles. The molecule has 38 valence electrons. The highest BCUT2D eigenvalue weighted by atomic mass is 79.9. The first-order valence-corrected chi connectivity index (χ1v) is 4.33. The van der Waals surface area contributed by atoms with Crippen molar-refractivity contribution in [2.24, 2.45) is 0 Å². The Morgan fingerprint density at radius 2 is 2.33 bits per heavy atom. The average molecular weight is 169 g/mol. The second-order valence-electron chi connectivity index (χ2n) is 0.886. The monoisotopic (exact) mass is 168 g/mol. The third-order valence-electron chi connectivity index (χ3n) is 0.426. The van der Waals surface area contributed by atoms with Crippen LogP contribution in [0, 0.1) is 0 Å². The Morgan fingerprint density at radius 3 is 2.50 bits per heavy atom. The largest absolute Gasteiger partial charge is 0.161 e. The van der Waals surface area contributed by atoms with Crippen LogP contribution in [0.1, 0.15) is 6.92 Å². The lowest BCUT2D eigenvalue weighted by Gasteiger charge is -1.85. The van der Waals surface area contributed by atoms with Gasteiger partial charge in [0.2, 0.25) is 0 Å². The lowest BCUT2D eigenvalue weighted by Crippen LogP contribution is -1.76. The van der Waals surface area contributed by atoms with E-state index in [1.54, 1.807) is 0 Å². The molecule has 0 fully saturated rings. The van der Waals surface area contributed by atoms with Crippen molar-refractivity contribution in [2.45, 2.75) is 6.92 Å². The van der Waals surface area contributed by atoms with Crippen LogP contribution in [0.3, 0.4) is 0 Å². The molecule has 0 N–H and O–H groups in total. The maximum absolute atomic E-state index is 3.33. The molecule has 0 radical (unpaired) electrons. The highest BCUT2D eigenvalue weighted by molar-refractivity contribution is 9.09. The van der Waals surface area contributed by atoms with E-state index in [9.17, 15) is 0 Å². The third kappa shape index (κ3) is 4.83. The number of alkyl halides is 1. The second-order valence-corrected chi connectivity index (χ2v) is 3.07. The lowest BCUT2D eigenvalue weighted by atomic mass is 11.0. The van der Waals surface area contributed by atoms with Crippen molar-refractivity contribution in [1.29, 1.82) is 0 Å². The molecule has 0 nitrogen and oxygen atoms in total. The second kappa shape index (κ2) is 5.83. The number of hydrogen-bond acceptors (Lipinski definition) is 1. The first-order chi connectivity index (χ1) is 2.91. The van der Waals surface area contributed by atoms with Crippen LogP contribution in [0.5, 0.6) is 0 Å². The summed E-state index contributed by atoms with van der Waals surface area (Å²) < 4.78 is 0. The van der Waals surface area contributed by atoms with Gasteiger partial charge in [0.1, 0.15) is 0 Å². The van der Waals surface area contributed by atoms with Gasteiger partial charge in [-0.1, -0.05) is 22.9 Å². The van der Waals surface area contributed by atoms with Gasteiger partial charge in [-0.2, -0.15) is 11.8 Å². The highest BCUT2D eigenvalue weighted by Crippen LogP contribution is 1.98. The Hall–Kier alpha value is 0.830. The van der Waals surface area contributed by atoms with E-state index >= 15 is 0 Å². The molecular weight excluding hydrogens is 160 g/mol. The molecule has 2 heteroatoms. The lowest BCUT2D eigenvalue weighted by molar-refractivity contribution is 1.49. The van der Waals surface area contributed by atoms with Gasteiger partial charge in [0.05, 0.1) is 0 Å². The van der Waals surface area contributed by atoms with Gasteiger partial charge in [-0.25, -0.2) is 0 Å². The summed E-state index contributed by atoms with van der Waals surface area (Å²) >= 11 is 5.29. The Labute approximate surface area is 51.8 Å². The molecule has 0 amide bonds. The molecule has 0 aromatic heterocycles. The summed E-state index contributed by atoms with van der Waals surface area (Å²) in [6.45, 7) is 2.17. The fraction of sp³-hybridized carbons (Fsp3) is 1.00. The average Bonchev–Trinajstić information content (AvgIpc) is 1.61. The third-order valence-corrected chi connectivity index (χ3v) is 2.25. The van der Waals surface area contributed by atoms with Gasteiger partial charge >= 0.3 is 0 Å². The molecule has 0 unspecified atom stereocenters. The van der Waals surface area contributed by atoms with Gasteiger partial charge in [-0.15, -0.1) is 0 Å². The van der Waals surface area contributed by atoms with Crippen molar-refractivity contribution in [1.82, 2.24) is 0 Å². The van der Waals surface area contributed by atoms with Crippen molar-refractivity contribution in [3.63, 3.8) is 0 Å². The standard InChI is InChI=1S/C4H9BrS/c1-2-6-4-3-5/h2-4H2,1H3. The molecule has 0 saturated heterocycles. The van der Waals surface area contributed by atoms with E-state index in [2.05, 4.69) is 22.9 Å². The van der Waals surface area contributed by atoms with Crippen molar-refractivity contribution in [2.75, 3.05) is 16.8 Å². The summed E-state index contributed by atoms with van der Waals surface area (Å²) in [5.41, 5.74) is 0. The summed E-state index contributed by atoms with van der Waals surface area (Å²) in [6, 6.07) is 0. The number of thioether (sulfide) groups is 1. The Morgan fingerprint density at radius 1 is 1.67 bits per heavy atom. The zero-order valence-electron chi connectivity index (χ0n) is 3.91. The van der Waals surface area contributed by atoms with Crippen LogP contribution >= 0.6 is 27.7 Å². The van der Waals surface area contributed by atoms with Gasteiger partial charge in [0, 0.05) is 11.1 Å². The minimum Gasteiger partial charge on any atom is -0.161 e. The molecule has 0 aliphatic rings. The Balaban J connectivity index is 2.34. The van der Waals surface area contributed by atoms with E-state index in [1.165, 1.54) is 11.5 Å². The SMILES string of the molecule is CCSCCBr. The van der Waals surface area contributed by atoms with Gasteiger partial charge in [-0.3, -0.25) is 0 Å². The fourth-order valence-electron chi connectivity index (χ4n) is 0.199. The van der Waals surface area contributed by atoms with Crippen LogP contribution in [0.2, 0.25) is 0 Å². The molecule has 0 rings (SSSR count). The molecule has 0 heterocycles. The van der Waals surface area contributed by atoms with Crippen LogP contribution in [-0.4, -0.2) is 16.8 Å². The van der Waals surface area contributed by atoms with Crippen molar-refractivity contribution in [3.8, 4) is 0 Å². The zero-order valence-corrected chi connectivity index (χ0v) is 6.31. The number of rotatable bonds is 3. The van der Waals surface area contributed by atoms with Crippen LogP contribution in [0.4, 0.5) is 0 Å². The van der Waals surface area contributed by atoms with Crippen molar-refractivity contribution < 1.29 is 0 Å². The minimum absolute atomic E-state index is 1.13. The Bertz CT molecular complexity index is 19.5. The molecule has 6 heavy (non-hydrogen) atoms. The first-order valence-electron chi connectivity index (χ1n) is 2.05. The van der Waals surface area contributed by atoms with E-state index < -0.39 is 0 Å². The molecule has 0 aliphatic carbocycles. The predicted octanol–water partition coefficient (Wildman–Crippen LogP) is 2.13. The minimum atomic E-state index is 1.13. The molecule has 0 aliphatic heterocycles. The summed E-state index contributed by atoms with van der Waals surface area (Å²) in [7, 11) is 0. The van der Waals surface area contributed by atoms with Gasteiger partial charge in [0.25, 0.3) is 0 Å². The number of hydrogen-bond donors (Lipinski definition) is 0. The van der Waals surface area contributed by atoms with Crippen molar-refractivity contribution >= 4 is 27.7 Å². The normalized spacial score (nSPS) is 9.00. The molecule has 0 saturated carbocycles. The summed E-state index contributed by atoms with van der Waals surface area (Å²) in [6.07, 6.45) is 0. The van der Waals surface area contributed by atoms with Gasteiger partial charge in [-0.05, 0) is 5.75 Å². The Kier molecular flexibility index (Phi) is 6.64. The van der Waals surface area contributed by atoms with Crippen LogP contribution in [-0.2, 0) is 0 Å². The maximum Gasteiger partial charge on any atom is 0.0122 e.